The third-order valence-electron chi connectivity index (χ3n) is 14.8. The Bertz CT molecular complexity index is 2470. The molecule has 324 valence electrons. The number of hydrogen-bond donors (Lipinski definition) is 2. The van der Waals surface area contributed by atoms with Gasteiger partial charge >= 0.3 is 0 Å². The van der Waals surface area contributed by atoms with Crippen LogP contribution in [0.3, 0.4) is 0 Å². The van der Waals surface area contributed by atoms with Gasteiger partial charge in [0.2, 0.25) is 11.8 Å². The molecule has 1 spiro atoms. The van der Waals surface area contributed by atoms with Gasteiger partial charge in [0.1, 0.15) is 17.7 Å². The molecule has 11 nitrogen and oxygen atoms in total. The van der Waals surface area contributed by atoms with Gasteiger partial charge in [0, 0.05) is 72.9 Å². The highest BCUT2D eigenvalue weighted by molar-refractivity contribution is 6.23. The average molecular weight is 853 g/mol. The number of hydrogen-bond acceptors (Lipinski definition) is 7. The van der Waals surface area contributed by atoms with E-state index in [-0.39, 0.29) is 29.4 Å². The lowest BCUT2D eigenvalue weighted by Crippen LogP contribution is -2.54. The highest BCUT2D eigenvalue weighted by Crippen LogP contribution is 2.48. The molecule has 6 aliphatic rings. The lowest BCUT2D eigenvalue weighted by Gasteiger charge is -2.46. The monoisotopic (exact) mass is 852 g/mol. The van der Waals surface area contributed by atoms with Gasteiger partial charge in [0.15, 0.2) is 0 Å². The zero-order valence-electron chi connectivity index (χ0n) is 34.5. The summed E-state index contributed by atoms with van der Waals surface area (Å²) >= 11 is 0. The maximum Gasteiger partial charge on any atom is 0.262 e. The van der Waals surface area contributed by atoms with Crippen molar-refractivity contribution in [3.8, 4) is 0 Å². The quantitative estimate of drug-likeness (QED) is 0.154. The van der Waals surface area contributed by atoms with Crippen molar-refractivity contribution in [3.63, 3.8) is 0 Å². The Hall–Kier alpha value is -5.41. The van der Waals surface area contributed by atoms with Crippen molar-refractivity contribution in [1.82, 2.24) is 29.9 Å². The molecule has 3 aromatic carbocycles. The first-order valence-electron chi connectivity index (χ1n) is 21.8. The van der Waals surface area contributed by atoms with Crippen LogP contribution in [0.25, 0.3) is 10.9 Å². The van der Waals surface area contributed by atoms with Crippen LogP contribution in [0.2, 0.25) is 0 Å². The van der Waals surface area contributed by atoms with E-state index in [9.17, 15) is 32.8 Å². The number of nitrogens with one attached hydrogen (secondary N) is 2. The Morgan fingerprint density at radius 3 is 2.15 bits per heavy atom. The maximum absolute atomic E-state index is 16.2. The number of nitrogens with zero attached hydrogens (tertiary/aromatic N) is 4. The smallest absolute Gasteiger partial charge is 0.262 e. The molecule has 4 aromatic rings. The van der Waals surface area contributed by atoms with Crippen LogP contribution in [0, 0.1) is 23.0 Å². The summed E-state index contributed by atoms with van der Waals surface area (Å²) in [6.45, 7) is 4.26. The fourth-order valence-corrected chi connectivity index (χ4v) is 11.5. The third kappa shape index (κ3) is 6.91. The van der Waals surface area contributed by atoms with Crippen molar-refractivity contribution < 1.29 is 41.5 Å². The van der Waals surface area contributed by atoms with E-state index >= 15 is 8.78 Å². The third-order valence-corrected chi connectivity index (χ3v) is 14.8. The molecule has 5 amide bonds. The molecule has 2 saturated heterocycles. The van der Waals surface area contributed by atoms with Crippen LogP contribution in [0.1, 0.15) is 123 Å². The van der Waals surface area contributed by atoms with Gasteiger partial charge < -0.3 is 9.88 Å². The molecular weight excluding hydrogens is 805 g/mol. The lowest BCUT2D eigenvalue weighted by atomic mass is 9.65. The number of rotatable bonds is 7. The predicted molar refractivity (Wildman–Crippen MR) is 219 cm³/mol. The van der Waals surface area contributed by atoms with Crippen LogP contribution in [-0.4, -0.2) is 98.8 Å². The van der Waals surface area contributed by atoms with Crippen molar-refractivity contribution in [3.05, 3.63) is 105 Å². The fourth-order valence-electron chi connectivity index (χ4n) is 11.5. The van der Waals surface area contributed by atoms with Gasteiger partial charge in [0.05, 0.1) is 23.7 Å². The molecule has 62 heavy (non-hydrogen) atoms. The van der Waals surface area contributed by atoms with Crippen LogP contribution in [0.4, 0.5) is 17.6 Å². The fraction of sp³-hybridized carbons (Fsp3) is 0.468. The van der Waals surface area contributed by atoms with E-state index in [2.05, 4.69) is 15.2 Å². The standard InChI is InChI=1S/C47H48F4N6O5/c1-25-16-31-30-4-2-3-5-36(30)52-41(31)42(56(25)24-38(50)51)40-34(48)19-27(20-35(40)49)44(60)55-14-12-47(13-15-55)10-8-26(9-11-47)21-54-22-28-17-32-33(18-29(28)23-54)46(62)57(45(32)61)37-6-7-39(58)53-43(37)59/h2-5,17-20,25-26,37-38,42,52H,6-16,21-24H2,1H3,(H,53,58,59)/t25-,37?,42-/m1/s1. The molecule has 1 unspecified atom stereocenters. The minimum atomic E-state index is -2.72. The summed E-state index contributed by atoms with van der Waals surface area (Å²) in [4.78, 5) is 74.4. The van der Waals surface area contributed by atoms with Crippen LogP contribution in [0.15, 0.2) is 48.5 Å². The topological polar surface area (TPSA) is 126 Å². The summed E-state index contributed by atoms with van der Waals surface area (Å²) in [5.41, 5.74) is 4.34. The summed E-state index contributed by atoms with van der Waals surface area (Å²) in [6.07, 6.45) is 3.56. The number of imide groups is 2. The second-order valence-electron chi connectivity index (χ2n) is 18.5. The first-order valence-corrected chi connectivity index (χ1v) is 21.8. The van der Waals surface area contributed by atoms with Gasteiger partial charge in [-0.25, -0.2) is 17.6 Å². The highest BCUT2D eigenvalue weighted by Gasteiger charge is 2.46. The summed E-state index contributed by atoms with van der Waals surface area (Å²) in [6, 6.07) is 10.7. The summed E-state index contributed by atoms with van der Waals surface area (Å²) in [7, 11) is 0. The first-order chi connectivity index (χ1) is 29.8. The molecule has 2 N–H and O–H groups in total. The molecule has 1 saturated carbocycles. The maximum atomic E-state index is 16.2. The summed E-state index contributed by atoms with van der Waals surface area (Å²) in [5.74, 6) is -3.90. The van der Waals surface area contributed by atoms with Gasteiger partial charge in [-0.15, -0.1) is 0 Å². The predicted octanol–water partition coefficient (Wildman–Crippen LogP) is 6.88. The number of para-hydroxylation sites is 1. The van der Waals surface area contributed by atoms with E-state index in [1.54, 1.807) is 24.0 Å². The van der Waals surface area contributed by atoms with Crippen molar-refractivity contribution in [1.29, 1.82) is 0 Å². The SMILES string of the molecule is C[C@@H]1Cc2c([nH]c3ccccc23)[C@@H](c2c(F)cc(C(=O)N3CCC4(CCC(CN5Cc6cc7c(cc6C5)C(=O)N(C5CCC(=O)NC5=O)C7=O)CC4)CC3)cc2F)N1CC(F)F. The minimum absolute atomic E-state index is 0.0702. The van der Waals surface area contributed by atoms with E-state index in [1.165, 1.54) is 4.90 Å². The zero-order chi connectivity index (χ0) is 43.2. The zero-order valence-corrected chi connectivity index (χ0v) is 34.5. The molecule has 3 atom stereocenters. The van der Waals surface area contributed by atoms with Crippen LogP contribution >= 0.6 is 0 Å². The van der Waals surface area contributed by atoms with E-state index in [4.69, 9.17) is 0 Å². The first kappa shape index (κ1) is 40.6. The van der Waals surface area contributed by atoms with Crippen molar-refractivity contribution >= 4 is 40.4 Å². The van der Waals surface area contributed by atoms with Crippen LogP contribution < -0.4 is 5.32 Å². The van der Waals surface area contributed by atoms with Crippen molar-refractivity contribution in [2.45, 2.75) is 102 Å². The van der Waals surface area contributed by atoms with E-state index in [1.807, 2.05) is 24.3 Å². The Morgan fingerprint density at radius 2 is 1.52 bits per heavy atom. The normalized spacial score (nSPS) is 24.3. The molecule has 1 aliphatic carbocycles. The number of benzene rings is 3. The lowest BCUT2D eigenvalue weighted by molar-refractivity contribution is -0.136. The summed E-state index contributed by atoms with van der Waals surface area (Å²) < 4.78 is 60.3. The number of halogens is 4. The number of likely N-dealkylation sites (tertiary alicyclic amines) is 1. The second kappa shape index (κ2) is 15.4. The number of amides is 5. The Kier molecular flexibility index (Phi) is 10.1. The van der Waals surface area contributed by atoms with Crippen LogP contribution in [-0.2, 0) is 29.1 Å². The Labute approximate surface area is 355 Å². The highest BCUT2D eigenvalue weighted by atomic mass is 19.3. The number of carbonyl (C=O) groups is 5. The second-order valence-corrected chi connectivity index (χ2v) is 18.5. The molecular formula is C47H48F4N6O5. The van der Waals surface area contributed by atoms with Crippen LogP contribution in [0.5, 0.6) is 0 Å². The van der Waals surface area contributed by atoms with Crippen molar-refractivity contribution in [2.24, 2.45) is 11.3 Å². The molecule has 5 aliphatic heterocycles. The van der Waals surface area contributed by atoms with Crippen molar-refractivity contribution in [2.75, 3.05) is 26.2 Å². The van der Waals surface area contributed by atoms with Gasteiger partial charge in [-0.1, -0.05) is 18.2 Å². The van der Waals surface area contributed by atoms with E-state index in [0.29, 0.717) is 55.3 Å². The molecule has 6 heterocycles. The van der Waals surface area contributed by atoms with Gasteiger partial charge in [0.25, 0.3) is 24.1 Å². The molecule has 1 aromatic heterocycles. The number of fused-ring (bicyclic) bond motifs is 5. The number of H-pyrrole nitrogens is 1. The molecule has 3 fully saturated rings. The van der Waals surface area contributed by atoms with Gasteiger partial charge in [-0.05, 0) is 117 Å². The largest absolute Gasteiger partial charge is 0.357 e. The number of alkyl halides is 2. The number of aromatic amines is 1. The molecule has 0 bridgehead atoms. The number of piperidine rings is 2. The Balaban J connectivity index is 0.758. The number of carbonyl (C=O) groups excluding carboxylic acids is 5. The van der Waals surface area contributed by atoms with Gasteiger partial charge in [-0.3, -0.25) is 44.0 Å². The molecule has 15 heteroatoms. The number of aromatic nitrogens is 1. The van der Waals surface area contributed by atoms with E-state index < -0.39 is 72.3 Å². The Morgan fingerprint density at radius 1 is 0.871 bits per heavy atom. The summed E-state index contributed by atoms with van der Waals surface area (Å²) in [5, 5.41) is 3.13. The average Bonchev–Trinajstić information content (AvgIpc) is 3.89. The minimum Gasteiger partial charge on any atom is -0.357 e. The molecule has 0 radical (unpaired) electrons. The molecule has 10 rings (SSSR count). The van der Waals surface area contributed by atoms with E-state index in [0.717, 1.165) is 89.7 Å². The van der Waals surface area contributed by atoms with Gasteiger partial charge in [-0.2, -0.15) is 0 Å².